The molecule has 0 aliphatic heterocycles. The van der Waals surface area contributed by atoms with Gasteiger partial charge in [-0.2, -0.15) is 5.26 Å². The van der Waals surface area contributed by atoms with Crippen molar-refractivity contribution in [2.24, 2.45) is 0 Å². The second-order valence-corrected chi connectivity index (χ2v) is 9.01. The van der Waals surface area contributed by atoms with Gasteiger partial charge in [0.1, 0.15) is 0 Å². The highest BCUT2D eigenvalue weighted by molar-refractivity contribution is 6.12. The van der Waals surface area contributed by atoms with Crippen LogP contribution in [0.5, 0.6) is 0 Å². The van der Waals surface area contributed by atoms with Crippen molar-refractivity contribution in [2.45, 2.75) is 0 Å². The smallest absolute Gasteiger partial charge is 0.0991 e. The molecule has 0 radical (unpaired) electrons. The first-order valence-corrected chi connectivity index (χ1v) is 11.8. The van der Waals surface area contributed by atoms with Gasteiger partial charge in [-0.1, -0.05) is 48.5 Å². The first kappa shape index (κ1) is 19.6. The minimum absolute atomic E-state index is 0.696. The Morgan fingerprint density at radius 2 is 0.914 bits per heavy atom. The lowest BCUT2D eigenvalue weighted by Crippen LogP contribution is -2.09. The zero-order valence-corrected chi connectivity index (χ0v) is 18.9. The summed E-state index contributed by atoms with van der Waals surface area (Å²) < 4.78 is 0. The van der Waals surface area contributed by atoms with Gasteiger partial charge in [0, 0.05) is 17.1 Å². The topological polar surface area (TPSA) is 27.0 Å². The molecule has 0 saturated heterocycles. The molecule has 6 aromatic carbocycles. The Labute approximate surface area is 203 Å². The molecule has 7 rings (SSSR count). The van der Waals surface area contributed by atoms with Crippen LogP contribution in [0.15, 0.2) is 121 Å². The van der Waals surface area contributed by atoms with Crippen molar-refractivity contribution >= 4 is 38.6 Å². The molecule has 0 saturated carbocycles. The monoisotopic (exact) mass is 444 g/mol. The molecule has 162 valence electrons. The Morgan fingerprint density at radius 3 is 1.46 bits per heavy atom. The van der Waals surface area contributed by atoms with Crippen LogP contribution in [0, 0.1) is 11.3 Å². The van der Waals surface area contributed by atoms with E-state index < -0.39 is 0 Å². The van der Waals surface area contributed by atoms with Crippen LogP contribution in [0.25, 0.3) is 43.8 Å². The molecule has 0 amide bonds. The first-order chi connectivity index (χ1) is 17.3. The normalized spacial score (nSPS) is 11.4. The zero-order valence-electron chi connectivity index (χ0n) is 18.9. The maximum absolute atomic E-state index is 9.29. The molecule has 0 unspecified atom stereocenters. The molecule has 0 spiro atoms. The number of hydrogen-bond acceptors (Lipinski definition) is 2. The van der Waals surface area contributed by atoms with E-state index in [0.717, 1.165) is 22.4 Å². The van der Waals surface area contributed by atoms with Gasteiger partial charge >= 0.3 is 0 Å². The summed E-state index contributed by atoms with van der Waals surface area (Å²) in [5, 5.41) is 14.0. The van der Waals surface area contributed by atoms with Crippen LogP contribution in [-0.2, 0) is 0 Å². The maximum atomic E-state index is 9.29. The molecular weight excluding hydrogens is 424 g/mol. The van der Waals surface area contributed by atoms with Crippen molar-refractivity contribution in [1.29, 1.82) is 5.26 Å². The van der Waals surface area contributed by atoms with Gasteiger partial charge in [0.2, 0.25) is 0 Å². The summed E-state index contributed by atoms with van der Waals surface area (Å²) in [6.07, 6.45) is 0. The second-order valence-electron chi connectivity index (χ2n) is 9.01. The van der Waals surface area contributed by atoms with Gasteiger partial charge in [0.15, 0.2) is 0 Å². The van der Waals surface area contributed by atoms with E-state index in [2.05, 4.69) is 102 Å². The summed E-state index contributed by atoms with van der Waals surface area (Å²) in [6.45, 7) is 0. The lowest BCUT2D eigenvalue weighted by Gasteiger charge is -2.27. The molecule has 0 bridgehead atoms. The van der Waals surface area contributed by atoms with Gasteiger partial charge in [-0.25, -0.2) is 0 Å². The molecule has 1 aliphatic rings. The van der Waals surface area contributed by atoms with Gasteiger partial charge in [0.25, 0.3) is 0 Å². The second kappa shape index (κ2) is 7.58. The quantitative estimate of drug-likeness (QED) is 0.272. The highest BCUT2D eigenvalue weighted by Gasteiger charge is 2.24. The summed E-state index contributed by atoms with van der Waals surface area (Å²) >= 11 is 0. The number of benzene rings is 6. The number of nitriles is 1. The number of nitrogens with zero attached hydrogens (tertiary/aromatic N) is 2. The molecule has 0 heterocycles. The van der Waals surface area contributed by atoms with E-state index in [0.29, 0.717) is 5.56 Å². The summed E-state index contributed by atoms with van der Waals surface area (Å²) in [6, 6.07) is 45.0. The first-order valence-electron chi connectivity index (χ1n) is 11.8. The average molecular weight is 445 g/mol. The third-order valence-electron chi connectivity index (χ3n) is 6.93. The SMILES string of the molecule is N#Cc1ccc2cc3c(cc2c1)-c1cc2cc(N(c4ccccc4)c4ccccc4)ccc2cc1-3. The van der Waals surface area contributed by atoms with Crippen molar-refractivity contribution in [3.63, 3.8) is 0 Å². The summed E-state index contributed by atoms with van der Waals surface area (Å²) in [4.78, 5) is 2.30. The molecule has 0 N–H and O–H groups in total. The zero-order chi connectivity index (χ0) is 23.4. The van der Waals surface area contributed by atoms with E-state index in [1.54, 1.807) is 0 Å². The molecule has 2 heteroatoms. The predicted molar refractivity (Wildman–Crippen MR) is 145 cm³/mol. The van der Waals surface area contributed by atoms with Gasteiger partial charge in [0.05, 0.1) is 11.6 Å². The maximum Gasteiger partial charge on any atom is 0.0991 e. The predicted octanol–water partition coefficient (Wildman–Crippen LogP) is 8.98. The van der Waals surface area contributed by atoms with Crippen molar-refractivity contribution in [3.05, 3.63) is 127 Å². The molecule has 0 aromatic heterocycles. The number of fused-ring (bicyclic) bond motifs is 6. The van der Waals surface area contributed by atoms with Gasteiger partial charge in [-0.05, 0) is 117 Å². The summed E-state index contributed by atoms with van der Waals surface area (Å²) in [5.41, 5.74) is 9.22. The average Bonchev–Trinajstić information content (AvgIpc) is 2.92. The fraction of sp³-hybridized carbons (Fsp3) is 0. The van der Waals surface area contributed by atoms with E-state index in [1.165, 1.54) is 38.4 Å². The summed E-state index contributed by atoms with van der Waals surface area (Å²) in [5.74, 6) is 0. The van der Waals surface area contributed by atoms with Crippen molar-refractivity contribution < 1.29 is 0 Å². The number of para-hydroxylation sites is 2. The number of rotatable bonds is 3. The minimum atomic E-state index is 0.696. The molecule has 1 aliphatic carbocycles. The Hall–Kier alpha value is -4.87. The Morgan fingerprint density at radius 1 is 0.429 bits per heavy atom. The van der Waals surface area contributed by atoms with Crippen LogP contribution < -0.4 is 4.90 Å². The van der Waals surface area contributed by atoms with Crippen molar-refractivity contribution in [2.75, 3.05) is 4.90 Å². The Balaban J connectivity index is 1.37. The number of anilines is 3. The van der Waals surface area contributed by atoms with E-state index >= 15 is 0 Å². The molecule has 0 atom stereocenters. The Kier molecular flexibility index (Phi) is 4.24. The fourth-order valence-corrected chi connectivity index (χ4v) is 5.22. The van der Waals surface area contributed by atoms with E-state index in [-0.39, 0.29) is 0 Å². The van der Waals surface area contributed by atoms with Crippen LogP contribution in [0.3, 0.4) is 0 Å². The molecule has 35 heavy (non-hydrogen) atoms. The molecular formula is C33H20N2. The van der Waals surface area contributed by atoms with Gasteiger partial charge < -0.3 is 4.90 Å². The number of hydrogen-bond donors (Lipinski definition) is 0. The van der Waals surface area contributed by atoms with Crippen LogP contribution in [0.1, 0.15) is 5.56 Å². The third kappa shape index (κ3) is 3.10. The summed E-state index contributed by atoms with van der Waals surface area (Å²) in [7, 11) is 0. The van der Waals surface area contributed by atoms with Crippen LogP contribution in [0.2, 0.25) is 0 Å². The van der Waals surface area contributed by atoms with Crippen LogP contribution >= 0.6 is 0 Å². The van der Waals surface area contributed by atoms with E-state index in [1.807, 2.05) is 30.3 Å². The minimum Gasteiger partial charge on any atom is -0.310 e. The lowest BCUT2D eigenvalue weighted by molar-refractivity contribution is 1.29. The highest BCUT2D eigenvalue weighted by Crippen LogP contribution is 2.50. The third-order valence-corrected chi connectivity index (χ3v) is 6.93. The largest absolute Gasteiger partial charge is 0.310 e. The Bertz CT molecular complexity index is 1760. The van der Waals surface area contributed by atoms with Crippen LogP contribution in [-0.4, -0.2) is 0 Å². The van der Waals surface area contributed by atoms with Gasteiger partial charge in [-0.15, -0.1) is 0 Å². The van der Waals surface area contributed by atoms with E-state index in [4.69, 9.17) is 0 Å². The van der Waals surface area contributed by atoms with Crippen LogP contribution in [0.4, 0.5) is 17.1 Å². The molecule has 6 aromatic rings. The lowest BCUT2D eigenvalue weighted by atomic mass is 9.78. The van der Waals surface area contributed by atoms with Gasteiger partial charge in [-0.3, -0.25) is 0 Å². The fourth-order valence-electron chi connectivity index (χ4n) is 5.22. The molecule has 0 fully saturated rings. The van der Waals surface area contributed by atoms with Crippen molar-refractivity contribution in [3.8, 4) is 28.3 Å². The highest BCUT2D eigenvalue weighted by atomic mass is 15.1. The van der Waals surface area contributed by atoms with Crippen molar-refractivity contribution in [1.82, 2.24) is 0 Å². The molecule has 2 nitrogen and oxygen atoms in total. The van der Waals surface area contributed by atoms with E-state index in [9.17, 15) is 5.26 Å². The standard InChI is InChI=1S/C33H20N2/c34-21-22-11-12-23-17-30-31-18-24-13-14-29(16-26(24)20-33(31)32(30)19-25(23)15-22)35(27-7-3-1-4-8-27)28-9-5-2-6-10-28/h1-20H.